The molecule has 3 rings (SSSR count). The van der Waals surface area contributed by atoms with Crippen LogP contribution in [0.4, 0.5) is 13.2 Å². The van der Waals surface area contributed by atoms with Crippen LogP contribution in [0.3, 0.4) is 0 Å². The first-order valence-electron chi connectivity index (χ1n) is 9.71. The van der Waals surface area contributed by atoms with Gasteiger partial charge in [-0.25, -0.2) is 4.79 Å². The smallest absolute Gasteiger partial charge is 0.397 e. The van der Waals surface area contributed by atoms with E-state index in [1.807, 2.05) is 0 Å². The van der Waals surface area contributed by atoms with Crippen molar-refractivity contribution in [3.63, 3.8) is 0 Å². The maximum atomic E-state index is 14.3. The standard InChI is InChI=1S/C21H27F3O5/c1-12-10-19(28-13(2)14(3)29-19)11-18(4,21(22,23)24)20(12,27)8-7-16(9-17(25)26)15-5-6-15/h7-10,13-15,27H,5-6,11H2,1-4H3,(H,25,26). The molecule has 0 aromatic rings. The maximum Gasteiger partial charge on any atom is 0.397 e. The van der Waals surface area contributed by atoms with Crippen LogP contribution >= 0.6 is 0 Å². The number of allylic oxidation sites excluding steroid dienone is 2. The molecule has 8 heteroatoms. The first-order chi connectivity index (χ1) is 13.2. The molecule has 0 aromatic heterocycles. The maximum absolute atomic E-state index is 14.3. The fourth-order valence-corrected chi connectivity index (χ4v) is 4.26. The molecule has 3 aliphatic rings. The molecule has 1 aliphatic heterocycles. The van der Waals surface area contributed by atoms with Gasteiger partial charge in [0.1, 0.15) is 11.0 Å². The topological polar surface area (TPSA) is 76.0 Å². The van der Waals surface area contributed by atoms with Crippen LogP contribution in [0.2, 0.25) is 0 Å². The van der Waals surface area contributed by atoms with Crippen molar-refractivity contribution >= 4 is 5.97 Å². The summed E-state index contributed by atoms with van der Waals surface area (Å²) in [6.45, 7) is 5.82. The van der Waals surface area contributed by atoms with Crippen molar-refractivity contribution < 1.29 is 37.7 Å². The van der Waals surface area contributed by atoms with E-state index in [4.69, 9.17) is 14.6 Å². The number of hydrogen-bond donors (Lipinski definition) is 2. The number of aliphatic carboxylic acids is 1. The van der Waals surface area contributed by atoms with Crippen LogP contribution in [0.15, 0.2) is 35.5 Å². The Morgan fingerprint density at radius 2 is 1.79 bits per heavy atom. The van der Waals surface area contributed by atoms with E-state index in [1.165, 1.54) is 19.1 Å². The summed E-state index contributed by atoms with van der Waals surface area (Å²) < 4.78 is 54.4. The van der Waals surface area contributed by atoms with Crippen molar-refractivity contribution in [3.8, 4) is 0 Å². The largest absolute Gasteiger partial charge is 0.478 e. The Hall–Kier alpha value is -1.64. The van der Waals surface area contributed by atoms with Gasteiger partial charge in [-0.1, -0.05) is 6.08 Å². The average Bonchev–Trinajstić information content (AvgIpc) is 3.36. The molecule has 29 heavy (non-hydrogen) atoms. The third-order valence-electron chi connectivity index (χ3n) is 6.39. The molecule has 0 bridgehead atoms. The molecule has 0 aromatic carbocycles. The summed E-state index contributed by atoms with van der Waals surface area (Å²) >= 11 is 0. The van der Waals surface area contributed by atoms with Crippen LogP contribution in [0, 0.1) is 11.3 Å². The number of rotatable bonds is 4. The molecule has 1 heterocycles. The molecule has 5 nitrogen and oxygen atoms in total. The second kappa shape index (κ2) is 6.96. The molecule has 1 saturated heterocycles. The lowest BCUT2D eigenvalue weighted by atomic mass is 9.61. The summed E-state index contributed by atoms with van der Waals surface area (Å²) in [4.78, 5) is 11.1. The zero-order valence-corrected chi connectivity index (χ0v) is 16.9. The van der Waals surface area contributed by atoms with E-state index in [1.54, 1.807) is 13.8 Å². The minimum atomic E-state index is -4.77. The number of halogens is 3. The number of carbonyl (C=O) groups is 1. The Balaban J connectivity index is 2.07. The van der Waals surface area contributed by atoms with E-state index in [-0.39, 0.29) is 11.5 Å². The summed E-state index contributed by atoms with van der Waals surface area (Å²) in [6.07, 6.45) is 0.171. The lowest BCUT2D eigenvalue weighted by Gasteiger charge is -2.51. The molecule has 0 amide bonds. The number of ether oxygens (including phenoxy) is 2. The summed E-state index contributed by atoms with van der Waals surface area (Å²) in [6, 6.07) is 0. The second-order valence-electron chi connectivity index (χ2n) is 8.65. The Bertz CT molecular complexity index is 770. The quantitative estimate of drug-likeness (QED) is 0.409. The lowest BCUT2D eigenvalue weighted by molar-refractivity contribution is -0.296. The predicted octanol–water partition coefficient (Wildman–Crippen LogP) is 4.13. The van der Waals surface area contributed by atoms with E-state index >= 15 is 0 Å². The molecule has 1 spiro atoms. The highest BCUT2D eigenvalue weighted by molar-refractivity contribution is 5.81. The Morgan fingerprint density at radius 3 is 2.24 bits per heavy atom. The van der Waals surface area contributed by atoms with Gasteiger partial charge in [-0.15, -0.1) is 0 Å². The van der Waals surface area contributed by atoms with Crippen LogP contribution in [0.5, 0.6) is 0 Å². The van der Waals surface area contributed by atoms with E-state index < -0.39 is 47.6 Å². The van der Waals surface area contributed by atoms with Gasteiger partial charge in [0, 0.05) is 12.5 Å². The fourth-order valence-electron chi connectivity index (χ4n) is 4.26. The highest BCUT2D eigenvalue weighted by Crippen LogP contribution is 2.59. The Labute approximate surface area is 167 Å². The highest BCUT2D eigenvalue weighted by Gasteiger charge is 2.69. The number of hydrogen-bond acceptors (Lipinski definition) is 4. The Kier molecular flexibility index (Phi) is 5.29. The number of carboxylic acids is 1. The van der Waals surface area contributed by atoms with Crippen LogP contribution < -0.4 is 0 Å². The molecule has 1 saturated carbocycles. The predicted molar refractivity (Wildman–Crippen MR) is 98.9 cm³/mol. The molecule has 162 valence electrons. The minimum Gasteiger partial charge on any atom is -0.478 e. The number of alkyl halides is 3. The zero-order chi connectivity index (χ0) is 21.8. The van der Waals surface area contributed by atoms with Crippen LogP contribution in [0.1, 0.15) is 47.0 Å². The van der Waals surface area contributed by atoms with Crippen LogP contribution in [0.25, 0.3) is 0 Å². The van der Waals surface area contributed by atoms with E-state index in [0.717, 1.165) is 31.9 Å². The van der Waals surface area contributed by atoms with Crippen molar-refractivity contribution in [1.82, 2.24) is 0 Å². The third kappa shape index (κ3) is 3.78. The van der Waals surface area contributed by atoms with Gasteiger partial charge < -0.3 is 19.7 Å². The van der Waals surface area contributed by atoms with Crippen molar-refractivity contribution in [2.24, 2.45) is 11.3 Å². The first-order valence-corrected chi connectivity index (χ1v) is 9.71. The van der Waals surface area contributed by atoms with Crippen molar-refractivity contribution in [3.05, 3.63) is 35.5 Å². The van der Waals surface area contributed by atoms with Gasteiger partial charge in [0.05, 0.1) is 12.2 Å². The van der Waals surface area contributed by atoms with Crippen molar-refractivity contribution in [2.45, 2.75) is 76.7 Å². The fraction of sp³-hybridized carbons (Fsp3) is 0.667. The van der Waals surface area contributed by atoms with Gasteiger partial charge in [-0.05, 0) is 69.8 Å². The van der Waals surface area contributed by atoms with Crippen molar-refractivity contribution in [1.29, 1.82) is 0 Å². The summed E-state index contributed by atoms with van der Waals surface area (Å²) in [5.41, 5.74) is -4.52. The van der Waals surface area contributed by atoms with Crippen LogP contribution in [-0.2, 0) is 14.3 Å². The molecule has 2 fully saturated rings. The van der Waals surface area contributed by atoms with E-state index in [9.17, 15) is 23.1 Å². The third-order valence-corrected chi connectivity index (χ3v) is 6.39. The second-order valence-corrected chi connectivity index (χ2v) is 8.65. The minimum absolute atomic E-state index is 0.00879. The Morgan fingerprint density at radius 1 is 1.24 bits per heavy atom. The normalized spacial score (nSPS) is 41.2. The molecule has 4 atom stereocenters. The van der Waals surface area contributed by atoms with Gasteiger partial charge >= 0.3 is 12.1 Å². The van der Waals surface area contributed by atoms with Crippen molar-refractivity contribution in [2.75, 3.05) is 0 Å². The summed E-state index contributed by atoms with van der Waals surface area (Å²) in [5, 5.41) is 20.3. The molecule has 0 radical (unpaired) electrons. The van der Waals surface area contributed by atoms with E-state index in [0.29, 0.717) is 5.57 Å². The van der Waals surface area contributed by atoms with Crippen LogP contribution in [-0.4, -0.2) is 46.0 Å². The molecular formula is C21H27F3O5. The first kappa shape index (κ1) is 22.1. The molecular weight excluding hydrogens is 389 g/mol. The summed E-state index contributed by atoms with van der Waals surface area (Å²) in [5.74, 6) is -2.75. The monoisotopic (exact) mass is 416 g/mol. The van der Waals surface area contributed by atoms with Gasteiger partial charge in [0.2, 0.25) is 0 Å². The van der Waals surface area contributed by atoms with E-state index in [2.05, 4.69) is 0 Å². The SMILES string of the molecule is CC1=CC2(CC(C)(C(F)(F)F)C1(O)C=CC(=CC(=O)O)C1CC1)OC(C)C(C)O2. The van der Waals surface area contributed by atoms with Gasteiger partial charge in [-0.3, -0.25) is 0 Å². The highest BCUT2D eigenvalue weighted by atomic mass is 19.4. The lowest BCUT2D eigenvalue weighted by Crippen LogP contribution is -2.61. The zero-order valence-electron chi connectivity index (χ0n) is 16.9. The summed E-state index contributed by atoms with van der Waals surface area (Å²) in [7, 11) is 0. The molecule has 2 N–H and O–H groups in total. The van der Waals surface area contributed by atoms with Gasteiger partial charge in [0.15, 0.2) is 5.79 Å². The molecule has 2 aliphatic carbocycles. The van der Waals surface area contributed by atoms with Gasteiger partial charge in [-0.2, -0.15) is 13.2 Å². The average molecular weight is 416 g/mol. The number of aliphatic hydroxyl groups is 1. The van der Waals surface area contributed by atoms with Gasteiger partial charge in [0.25, 0.3) is 0 Å². The number of carboxylic acid groups (broad SMARTS) is 1. The molecule has 4 unspecified atom stereocenters.